The molecule has 0 rings (SSSR count). The third-order valence-electron chi connectivity index (χ3n) is 1.96. The van der Waals surface area contributed by atoms with Crippen molar-refractivity contribution in [3.05, 3.63) is 22.3 Å². The van der Waals surface area contributed by atoms with Crippen molar-refractivity contribution in [3.8, 4) is 0 Å². The van der Waals surface area contributed by atoms with Crippen LogP contribution in [0.1, 0.15) is 6.92 Å². The Hall–Kier alpha value is 0.0969. The summed E-state index contributed by atoms with van der Waals surface area (Å²) in [6.07, 6.45) is 0. The van der Waals surface area contributed by atoms with E-state index >= 15 is 0 Å². The minimum atomic E-state index is -1.14. The minimum absolute atomic E-state index is 0.195. The van der Waals surface area contributed by atoms with Gasteiger partial charge in [-0.1, -0.05) is 53.4 Å². The molecule has 94 valence electrons. The van der Waals surface area contributed by atoms with Crippen LogP contribution in [0.4, 0.5) is 0 Å². The van der Waals surface area contributed by atoms with Crippen molar-refractivity contribution in [3.63, 3.8) is 0 Å². The van der Waals surface area contributed by atoms with E-state index in [-0.39, 0.29) is 6.61 Å². The second-order valence-electron chi connectivity index (χ2n) is 5.31. The van der Waals surface area contributed by atoms with Gasteiger partial charge in [0.2, 0.25) is 0 Å². The highest BCUT2D eigenvalue weighted by atomic mass is 79.9. The van der Waals surface area contributed by atoms with Gasteiger partial charge in [-0.05, 0) is 6.92 Å². The van der Waals surface area contributed by atoms with Gasteiger partial charge < -0.3 is 5.11 Å². The summed E-state index contributed by atoms with van der Waals surface area (Å²) in [6.45, 7) is 15.6. The molecule has 0 aromatic rings. The Balaban J connectivity index is 4.38. The standard InChI is InChI=1S/C12H24BrNOSi/c1-11(10-16(3,4)5)8-14(6-7-15)9-12(2)13/h10,15H,2,6-9H2,1,3-5H3/b11-10-. The van der Waals surface area contributed by atoms with Crippen LogP contribution in [0.25, 0.3) is 0 Å². The molecule has 0 aliphatic carbocycles. The van der Waals surface area contributed by atoms with Crippen LogP contribution in [0.15, 0.2) is 22.3 Å². The van der Waals surface area contributed by atoms with Crippen LogP contribution >= 0.6 is 15.9 Å². The molecular formula is C12H24BrNOSi. The van der Waals surface area contributed by atoms with Crippen molar-refractivity contribution in [2.24, 2.45) is 0 Å². The second-order valence-corrected chi connectivity index (χ2v) is 11.5. The van der Waals surface area contributed by atoms with E-state index in [1.807, 2.05) is 0 Å². The van der Waals surface area contributed by atoms with Crippen molar-refractivity contribution in [2.45, 2.75) is 26.6 Å². The maximum absolute atomic E-state index is 9.00. The normalized spacial score (nSPS) is 13.3. The number of hydrogen-bond acceptors (Lipinski definition) is 2. The van der Waals surface area contributed by atoms with E-state index in [1.54, 1.807) is 0 Å². The van der Waals surface area contributed by atoms with Gasteiger partial charge in [0.15, 0.2) is 0 Å². The first-order chi connectivity index (χ1) is 7.24. The smallest absolute Gasteiger partial charge is 0.0686 e. The largest absolute Gasteiger partial charge is 0.395 e. The van der Waals surface area contributed by atoms with Gasteiger partial charge in [0.25, 0.3) is 0 Å². The first kappa shape index (κ1) is 16.1. The van der Waals surface area contributed by atoms with E-state index in [0.29, 0.717) is 6.54 Å². The molecule has 0 fully saturated rings. The van der Waals surface area contributed by atoms with Gasteiger partial charge >= 0.3 is 0 Å². The zero-order valence-electron chi connectivity index (χ0n) is 10.9. The Kier molecular flexibility index (Phi) is 7.47. The lowest BCUT2D eigenvalue weighted by Crippen LogP contribution is -2.30. The van der Waals surface area contributed by atoms with Crippen LogP contribution in [0.5, 0.6) is 0 Å². The molecule has 16 heavy (non-hydrogen) atoms. The molecule has 0 amide bonds. The number of aliphatic hydroxyl groups excluding tert-OH is 1. The molecule has 1 N–H and O–H groups in total. The summed E-state index contributed by atoms with van der Waals surface area (Å²) in [5.74, 6) is 0. The molecule has 2 nitrogen and oxygen atoms in total. The summed E-state index contributed by atoms with van der Waals surface area (Å²) < 4.78 is 0.960. The van der Waals surface area contributed by atoms with Crippen LogP contribution in [0.2, 0.25) is 19.6 Å². The van der Waals surface area contributed by atoms with Gasteiger partial charge in [0.1, 0.15) is 0 Å². The number of hydrogen-bond donors (Lipinski definition) is 1. The molecule has 4 heteroatoms. The van der Waals surface area contributed by atoms with E-state index in [2.05, 4.69) is 59.7 Å². The van der Waals surface area contributed by atoms with Gasteiger partial charge in [0, 0.05) is 24.1 Å². The monoisotopic (exact) mass is 305 g/mol. The fourth-order valence-corrected chi connectivity index (χ4v) is 3.66. The Labute approximate surface area is 109 Å². The van der Waals surface area contributed by atoms with Crippen molar-refractivity contribution >= 4 is 24.0 Å². The third kappa shape index (κ3) is 9.33. The molecule has 0 aliphatic heterocycles. The molecule has 0 heterocycles. The fourth-order valence-electron chi connectivity index (χ4n) is 1.74. The van der Waals surface area contributed by atoms with E-state index in [1.165, 1.54) is 5.57 Å². The van der Waals surface area contributed by atoms with Crippen LogP contribution in [-0.4, -0.2) is 44.3 Å². The van der Waals surface area contributed by atoms with E-state index in [4.69, 9.17) is 5.11 Å². The molecule has 0 radical (unpaired) electrons. The van der Waals surface area contributed by atoms with Gasteiger partial charge in [0.05, 0.1) is 14.7 Å². The lowest BCUT2D eigenvalue weighted by atomic mass is 10.3. The number of rotatable bonds is 7. The van der Waals surface area contributed by atoms with Gasteiger partial charge in [-0.2, -0.15) is 0 Å². The third-order valence-corrected chi connectivity index (χ3v) is 3.57. The average Bonchev–Trinajstić information content (AvgIpc) is 1.98. The molecule has 0 aliphatic rings. The maximum atomic E-state index is 9.00. The van der Waals surface area contributed by atoms with Crippen LogP contribution < -0.4 is 0 Å². The Morgan fingerprint density at radius 1 is 1.38 bits per heavy atom. The second kappa shape index (κ2) is 7.43. The van der Waals surface area contributed by atoms with Crippen molar-refractivity contribution in [1.82, 2.24) is 4.90 Å². The molecule has 0 aromatic heterocycles. The first-order valence-electron chi connectivity index (χ1n) is 5.59. The minimum Gasteiger partial charge on any atom is -0.395 e. The zero-order valence-corrected chi connectivity index (χ0v) is 13.5. The summed E-state index contributed by atoms with van der Waals surface area (Å²) in [4.78, 5) is 2.20. The van der Waals surface area contributed by atoms with E-state index in [0.717, 1.165) is 17.6 Å². The van der Waals surface area contributed by atoms with Crippen LogP contribution in [-0.2, 0) is 0 Å². The molecule has 0 bridgehead atoms. The summed E-state index contributed by atoms with van der Waals surface area (Å²) in [5.41, 5.74) is 3.80. The molecule has 0 saturated carbocycles. The quantitative estimate of drug-likeness (QED) is 0.731. The average molecular weight is 306 g/mol. The fraction of sp³-hybridized carbons (Fsp3) is 0.667. The lowest BCUT2D eigenvalue weighted by Gasteiger charge is -2.22. The summed E-state index contributed by atoms with van der Waals surface area (Å²) in [6, 6.07) is 0. The van der Waals surface area contributed by atoms with E-state index < -0.39 is 8.07 Å². The van der Waals surface area contributed by atoms with Crippen molar-refractivity contribution in [2.75, 3.05) is 26.2 Å². The molecular weight excluding hydrogens is 282 g/mol. The SMILES string of the molecule is C=C(Br)CN(CCO)C/C(C)=C\[Si](C)(C)C. The number of aliphatic hydroxyl groups is 1. The maximum Gasteiger partial charge on any atom is 0.0686 e. The van der Waals surface area contributed by atoms with E-state index in [9.17, 15) is 0 Å². The Morgan fingerprint density at radius 2 is 1.94 bits per heavy atom. The summed E-state index contributed by atoms with van der Waals surface area (Å²) in [5, 5.41) is 9.00. The van der Waals surface area contributed by atoms with Gasteiger partial charge in [-0.15, -0.1) is 0 Å². The van der Waals surface area contributed by atoms with Crippen LogP contribution in [0, 0.1) is 0 Å². The molecule has 0 unspecified atom stereocenters. The number of halogens is 1. The molecule has 0 atom stereocenters. The topological polar surface area (TPSA) is 23.5 Å². The Bertz CT molecular complexity index is 258. The molecule has 0 aromatic carbocycles. The first-order valence-corrected chi connectivity index (χ1v) is 9.96. The summed E-state index contributed by atoms with van der Waals surface area (Å²) in [7, 11) is -1.14. The zero-order chi connectivity index (χ0) is 12.8. The predicted octanol–water partition coefficient (Wildman–Crippen LogP) is 3.01. The van der Waals surface area contributed by atoms with Crippen molar-refractivity contribution < 1.29 is 5.11 Å². The number of nitrogens with zero attached hydrogens (tertiary/aromatic N) is 1. The lowest BCUT2D eigenvalue weighted by molar-refractivity contribution is 0.217. The highest BCUT2D eigenvalue weighted by molar-refractivity contribution is 9.11. The van der Waals surface area contributed by atoms with Crippen molar-refractivity contribution in [1.29, 1.82) is 0 Å². The van der Waals surface area contributed by atoms with Crippen LogP contribution in [0.3, 0.4) is 0 Å². The predicted molar refractivity (Wildman–Crippen MR) is 78.7 cm³/mol. The Morgan fingerprint density at radius 3 is 2.31 bits per heavy atom. The summed E-state index contributed by atoms with van der Waals surface area (Å²) >= 11 is 3.37. The molecule has 0 saturated heterocycles. The molecule has 0 spiro atoms. The highest BCUT2D eigenvalue weighted by Gasteiger charge is 2.11. The van der Waals surface area contributed by atoms with Gasteiger partial charge in [-0.3, -0.25) is 4.90 Å². The highest BCUT2D eigenvalue weighted by Crippen LogP contribution is 2.10. The van der Waals surface area contributed by atoms with Gasteiger partial charge in [-0.25, -0.2) is 0 Å².